The SMILES string of the molecule is Cl.[Li+].[N-]=[N+]=[N-]. The van der Waals surface area contributed by atoms with Gasteiger partial charge in [0, 0.05) is 0 Å². The van der Waals surface area contributed by atoms with Gasteiger partial charge in [-0.1, -0.05) is 0 Å². The summed E-state index contributed by atoms with van der Waals surface area (Å²) in [5, 5.41) is 0. The average molecular weight is 85.4 g/mol. The number of halogens is 1. The third-order valence-corrected chi connectivity index (χ3v) is 0. The number of hydrogen-bond acceptors (Lipinski definition) is 0. The van der Waals surface area contributed by atoms with E-state index < -0.39 is 0 Å². The van der Waals surface area contributed by atoms with Crippen LogP contribution in [0.1, 0.15) is 0 Å². The quantitative estimate of drug-likeness (QED) is 0.146. The van der Waals surface area contributed by atoms with Crippen LogP contribution in [0.15, 0.2) is 0 Å². The molecule has 0 aliphatic rings. The molecule has 0 saturated carbocycles. The van der Waals surface area contributed by atoms with Gasteiger partial charge in [0.15, 0.2) is 0 Å². The second-order valence-corrected chi connectivity index (χ2v) is 0.0894. The summed E-state index contributed by atoms with van der Waals surface area (Å²) in [6.45, 7) is 0. The Morgan fingerprint density at radius 3 is 1.20 bits per heavy atom. The third-order valence-electron chi connectivity index (χ3n) is 0. The van der Waals surface area contributed by atoms with Crippen LogP contribution in [0.4, 0.5) is 0 Å². The minimum atomic E-state index is 0. The van der Waals surface area contributed by atoms with Crippen molar-refractivity contribution in [2.45, 2.75) is 0 Å². The van der Waals surface area contributed by atoms with Gasteiger partial charge in [0.2, 0.25) is 0 Å². The monoisotopic (exact) mass is 85.0 g/mol. The first-order valence-electron chi connectivity index (χ1n) is 0.400. The Morgan fingerprint density at radius 2 is 1.20 bits per heavy atom. The van der Waals surface area contributed by atoms with Crippen LogP contribution in [0.5, 0.6) is 0 Å². The van der Waals surface area contributed by atoms with Gasteiger partial charge in [0.1, 0.15) is 0 Å². The molecule has 0 aromatic carbocycles. The van der Waals surface area contributed by atoms with Crippen LogP contribution in [0.25, 0.3) is 16.0 Å². The summed E-state index contributed by atoms with van der Waals surface area (Å²) in [5.41, 5.74) is 13.5. The zero-order valence-corrected chi connectivity index (χ0v) is 3.57. The molecule has 0 saturated heterocycles. The van der Waals surface area contributed by atoms with Crippen molar-refractivity contribution in [1.29, 1.82) is 0 Å². The summed E-state index contributed by atoms with van der Waals surface area (Å²) >= 11 is 0. The predicted molar refractivity (Wildman–Crippen MR) is 17.3 cm³/mol. The largest absolute Gasteiger partial charge is 1.00 e. The van der Waals surface area contributed by atoms with Gasteiger partial charge in [-0.15, -0.1) is 12.4 Å². The standard InChI is InChI=1S/ClH.Li.N3/c;;1-3-2/h1H;;/q;+1;-1. The fourth-order valence-electron chi connectivity index (χ4n) is 0. The first kappa shape index (κ1) is 19.0. The van der Waals surface area contributed by atoms with E-state index in [1.165, 1.54) is 4.91 Å². The number of hydrogen-bond donors (Lipinski definition) is 0. The minimum Gasteiger partial charge on any atom is -0.373 e. The first-order chi connectivity index (χ1) is 1.41. The molecule has 5 heavy (non-hydrogen) atoms. The fraction of sp³-hybridized carbons (Fsp3) is 0. The maximum Gasteiger partial charge on any atom is 1.00 e. The van der Waals surface area contributed by atoms with Gasteiger partial charge in [0.25, 0.3) is 0 Å². The van der Waals surface area contributed by atoms with Crippen LogP contribution in [0.3, 0.4) is 0 Å². The van der Waals surface area contributed by atoms with Crippen molar-refractivity contribution in [3.63, 3.8) is 0 Å². The molecule has 24 valence electrons. The summed E-state index contributed by atoms with van der Waals surface area (Å²) in [4.78, 5) is 1.50. The zero-order chi connectivity index (χ0) is 2.71. The average Bonchev–Trinajstić information content (AvgIpc) is 0.918. The Bertz CT molecular complexity index is 27.9. The fourth-order valence-corrected chi connectivity index (χ4v) is 0. The first-order valence-corrected chi connectivity index (χ1v) is 0.400. The summed E-state index contributed by atoms with van der Waals surface area (Å²) in [6, 6.07) is 0. The minimum absolute atomic E-state index is 0. The Kier molecular flexibility index (Phi) is 114. The summed E-state index contributed by atoms with van der Waals surface area (Å²) in [5.74, 6) is 0. The Balaban J connectivity index is -0.0000000200. The Labute approximate surface area is 47.7 Å². The van der Waals surface area contributed by atoms with E-state index in [0.29, 0.717) is 0 Å². The van der Waals surface area contributed by atoms with E-state index >= 15 is 0 Å². The van der Waals surface area contributed by atoms with Crippen molar-refractivity contribution in [2.24, 2.45) is 0 Å². The molecule has 0 heterocycles. The van der Waals surface area contributed by atoms with Gasteiger partial charge < -0.3 is 11.1 Å². The van der Waals surface area contributed by atoms with E-state index in [-0.39, 0.29) is 31.3 Å². The van der Waals surface area contributed by atoms with Crippen molar-refractivity contribution in [2.75, 3.05) is 0 Å². The maximum atomic E-state index is 6.75. The van der Waals surface area contributed by atoms with Crippen molar-refractivity contribution < 1.29 is 18.9 Å². The maximum absolute atomic E-state index is 6.75. The molecule has 0 unspecified atom stereocenters. The molecule has 0 radical (unpaired) electrons. The Hall–Kier alpha value is 0.197. The molecule has 5 heteroatoms. The summed E-state index contributed by atoms with van der Waals surface area (Å²) < 4.78 is 0. The van der Waals surface area contributed by atoms with E-state index in [4.69, 9.17) is 11.1 Å². The molecule has 0 bridgehead atoms. The van der Waals surface area contributed by atoms with Gasteiger partial charge >= 0.3 is 18.9 Å². The molecule has 0 aromatic rings. The second-order valence-electron chi connectivity index (χ2n) is 0.0894. The van der Waals surface area contributed by atoms with Crippen molar-refractivity contribution in [1.82, 2.24) is 0 Å². The van der Waals surface area contributed by atoms with Gasteiger partial charge in [-0.25, -0.2) is 0 Å². The number of nitrogens with zero attached hydrogens (tertiary/aromatic N) is 3. The molecule has 3 nitrogen and oxygen atoms in total. The van der Waals surface area contributed by atoms with Gasteiger partial charge in [-0.2, -0.15) is 0 Å². The van der Waals surface area contributed by atoms with Crippen LogP contribution in [0, 0.1) is 0 Å². The molecule has 0 aliphatic heterocycles. The smallest absolute Gasteiger partial charge is 0.373 e. The van der Waals surface area contributed by atoms with Gasteiger partial charge in [-0.3, -0.25) is 4.91 Å². The molecule has 0 aliphatic carbocycles. The van der Waals surface area contributed by atoms with Gasteiger partial charge in [0.05, 0.1) is 0 Å². The van der Waals surface area contributed by atoms with E-state index in [1.807, 2.05) is 0 Å². The molecular formula is HClLiN3. The van der Waals surface area contributed by atoms with Crippen molar-refractivity contribution >= 4 is 12.4 Å². The summed E-state index contributed by atoms with van der Waals surface area (Å²) in [7, 11) is 0. The normalized spacial score (nSPS) is 1.60. The van der Waals surface area contributed by atoms with E-state index in [9.17, 15) is 0 Å². The molecule has 0 rings (SSSR count). The Morgan fingerprint density at radius 1 is 1.20 bits per heavy atom. The number of rotatable bonds is 0. The van der Waals surface area contributed by atoms with Crippen LogP contribution in [0.2, 0.25) is 0 Å². The second kappa shape index (κ2) is 29.9. The third kappa shape index (κ3) is 520. The molecule has 0 atom stereocenters. The molecule has 0 aromatic heterocycles. The molecule has 0 fully saturated rings. The van der Waals surface area contributed by atoms with Crippen LogP contribution in [-0.2, 0) is 0 Å². The van der Waals surface area contributed by atoms with Crippen molar-refractivity contribution in [3.8, 4) is 0 Å². The predicted octanol–water partition coefficient (Wildman–Crippen LogP) is -1.71. The van der Waals surface area contributed by atoms with Crippen LogP contribution in [-0.4, -0.2) is 0 Å². The van der Waals surface area contributed by atoms with E-state index in [0.717, 1.165) is 0 Å². The molecule has 0 N–H and O–H groups in total. The van der Waals surface area contributed by atoms with Crippen LogP contribution >= 0.6 is 12.4 Å². The molecular weight excluding hydrogens is 84.4 g/mol. The van der Waals surface area contributed by atoms with E-state index in [2.05, 4.69) is 0 Å². The van der Waals surface area contributed by atoms with Crippen molar-refractivity contribution in [3.05, 3.63) is 16.0 Å². The van der Waals surface area contributed by atoms with Crippen LogP contribution < -0.4 is 18.9 Å². The zero-order valence-electron chi connectivity index (χ0n) is 2.75. The topological polar surface area (TPSA) is 58.7 Å². The van der Waals surface area contributed by atoms with Gasteiger partial charge in [-0.05, 0) is 0 Å². The van der Waals surface area contributed by atoms with E-state index in [1.54, 1.807) is 0 Å². The summed E-state index contributed by atoms with van der Waals surface area (Å²) in [6.07, 6.45) is 0. The molecule has 0 amide bonds. The molecule has 0 spiro atoms.